The van der Waals surface area contributed by atoms with Crippen molar-refractivity contribution in [1.29, 1.82) is 0 Å². The van der Waals surface area contributed by atoms with E-state index in [-0.39, 0.29) is 0 Å². The van der Waals surface area contributed by atoms with E-state index in [0.29, 0.717) is 0 Å². The lowest BCUT2D eigenvalue weighted by Crippen LogP contribution is -2.09. The summed E-state index contributed by atoms with van der Waals surface area (Å²) in [4.78, 5) is 2.10. The summed E-state index contributed by atoms with van der Waals surface area (Å²) < 4.78 is 5.15. The standard InChI is InChI=1S/C17H22N2O/c1-19(2)16-8-6-15(7-9-16)18-13-12-14-4-10-17(20-3)11-5-14/h4-11,18H,12-13H2,1-3H3. The van der Waals surface area contributed by atoms with Gasteiger partial charge >= 0.3 is 0 Å². The van der Waals surface area contributed by atoms with Gasteiger partial charge in [-0.3, -0.25) is 0 Å². The molecule has 0 amide bonds. The van der Waals surface area contributed by atoms with Gasteiger partial charge in [0.1, 0.15) is 5.75 Å². The highest BCUT2D eigenvalue weighted by molar-refractivity contribution is 5.54. The van der Waals surface area contributed by atoms with Crippen LogP contribution >= 0.6 is 0 Å². The van der Waals surface area contributed by atoms with Gasteiger partial charge in [0, 0.05) is 32.0 Å². The molecule has 0 saturated carbocycles. The number of ether oxygens (including phenoxy) is 1. The lowest BCUT2D eigenvalue weighted by Gasteiger charge is -2.13. The van der Waals surface area contributed by atoms with Crippen LogP contribution in [0.25, 0.3) is 0 Å². The van der Waals surface area contributed by atoms with E-state index < -0.39 is 0 Å². The first kappa shape index (κ1) is 14.3. The van der Waals surface area contributed by atoms with E-state index in [1.165, 1.54) is 11.3 Å². The van der Waals surface area contributed by atoms with Crippen LogP contribution in [0.4, 0.5) is 11.4 Å². The quantitative estimate of drug-likeness (QED) is 0.870. The molecule has 106 valence electrons. The minimum Gasteiger partial charge on any atom is -0.497 e. The Hall–Kier alpha value is -2.16. The van der Waals surface area contributed by atoms with Crippen molar-refractivity contribution >= 4 is 11.4 Å². The van der Waals surface area contributed by atoms with Crippen molar-refractivity contribution < 1.29 is 4.74 Å². The molecule has 0 aliphatic carbocycles. The highest BCUT2D eigenvalue weighted by Crippen LogP contribution is 2.16. The number of rotatable bonds is 6. The molecule has 0 aliphatic heterocycles. The van der Waals surface area contributed by atoms with Crippen molar-refractivity contribution in [2.24, 2.45) is 0 Å². The van der Waals surface area contributed by atoms with Crippen LogP contribution in [0.1, 0.15) is 5.56 Å². The molecular formula is C17H22N2O. The zero-order valence-corrected chi connectivity index (χ0v) is 12.4. The molecule has 3 heteroatoms. The van der Waals surface area contributed by atoms with Gasteiger partial charge in [-0.2, -0.15) is 0 Å². The summed E-state index contributed by atoms with van der Waals surface area (Å²) in [6.45, 7) is 0.924. The van der Waals surface area contributed by atoms with E-state index in [2.05, 4.69) is 46.6 Å². The van der Waals surface area contributed by atoms with E-state index in [4.69, 9.17) is 4.74 Å². The van der Waals surface area contributed by atoms with E-state index in [0.717, 1.165) is 24.4 Å². The zero-order chi connectivity index (χ0) is 14.4. The van der Waals surface area contributed by atoms with Crippen LogP contribution in [0.2, 0.25) is 0 Å². The van der Waals surface area contributed by atoms with Crippen LogP contribution in [0.15, 0.2) is 48.5 Å². The molecule has 0 heterocycles. The Balaban J connectivity index is 1.82. The molecular weight excluding hydrogens is 248 g/mol. The van der Waals surface area contributed by atoms with Gasteiger partial charge in [0.15, 0.2) is 0 Å². The summed E-state index contributed by atoms with van der Waals surface area (Å²) in [5.41, 5.74) is 3.68. The second kappa shape index (κ2) is 6.85. The molecule has 2 aromatic rings. The number of benzene rings is 2. The summed E-state index contributed by atoms with van der Waals surface area (Å²) in [6.07, 6.45) is 0.999. The van der Waals surface area contributed by atoms with Crippen molar-refractivity contribution in [2.75, 3.05) is 38.0 Å². The van der Waals surface area contributed by atoms with Crippen molar-refractivity contribution in [3.05, 3.63) is 54.1 Å². The molecule has 3 nitrogen and oxygen atoms in total. The number of hydrogen-bond donors (Lipinski definition) is 1. The Morgan fingerprint density at radius 1 is 0.950 bits per heavy atom. The number of nitrogens with one attached hydrogen (secondary N) is 1. The Morgan fingerprint density at radius 2 is 1.60 bits per heavy atom. The largest absolute Gasteiger partial charge is 0.497 e. The van der Waals surface area contributed by atoms with Gasteiger partial charge in [-0.15, -0.1) is 0 Å². The molecule has 2 aromatic carbocycles. The molecule has 0 aliphatic rings. The lowest BCUT2D eigenvalue weighted by atomic mass is 10.1. The molecule has 0 saturated heterocycles. The van der Waals surface area contributed by atoms with Gasteiger partial charge in [0.2, 0.25) is 0 Å². The Bertz CT molecular complexity index is 518. The molecule has 0 atom stereocenters. The molecule has 0 aromatic heterocycles. The van der Waals surface area contributed by atoms with E-state index in [1.54, 1.807) is 7.11 Å². The third-order valence-corrected chi connectivity index (χ3v) is 3.29. The summed E-state index contributed by atoms with van der Waals surface area (Å²) in [6, 6.07) is 16.7. The maximum Gasteiger partial charge on any atom is 0.118 e. The van der Waals surface area contributed by atoms with Crippen LogP contribution in [0.3, 0.4) is 0 Å². The second-order valence-electron chi connectivity index (χ2n) is 4.97. The summed E-state index contributed by atoms with van der Waals surface area (Å²) >= 11 is 0. The van der Waals surface area contributed by atoms with Gasteiger partial charge in [0.25, 0.3) is 0 Å². The normalized spacial score (nSPS) is 10.2. The second-order valence-corrected chi connectivity index (χ2v) is 4.97. The van der Waals surface area contributed by atoms with Gasteiger partial charge < -0.3 is 15.0 Å². The smallest absolute Gasteiger partial charge is 0.118 e. The molecule has 2 rings (SSSR count). The Morgan fingerprint density at radius 3 is 2.15 bits per heavy atom. The average Bonchev–Trinajstić information content (AvgIpc) is 2.48. The third-order valence-electron chi connectivity index (χ3n) is 3.29. The van der Waals surface area contributed by atoms with Crippen LogP contribution in [-0.2, 0) is 6.42 Å². The van der Waals surface area contributed by atoms with Gasteiger partial charge in [-0.1, -0.05) is 12.1 Å². The van der Waals surface area contributed by atoms with Crippen molar-refractivity contribution in [1.82, 2.24) is 0 Å². The minimum absolute atomic E-state index is 0.904. The zero-order valence-electron chi connectivity index (χ0n) is 12.4. The number of hydrogen-bond acceptors (Lipinski definition) is 3. The van der Waals surface area contributed by atoms with E-state index in [1.807, 2.05) is 26.2 Å². The molecule has 0 fully saturated rings. The van der Waals surface area contributed by atoms with Crippen LogP contribution in [-0.4, -0.2) is 27.7 Å². The van der Waals surface area contributed by atoms with Gasteiger partial charge in [-0.25, -0.2) is 0 Å². The van der Waals surface area contributed by atoms with Crippen molar-refractivity contribution in [3.8, 4) is 5.75 Å². The molecule has 0 bridgehead atoms. The number of methoxy groups -OCH3 is 1. The lowest BCUT2D eigenvalue weighted by molar-refractivity contribution is 0.414. The summed E-state index contributed by atoms with van der Waals surface area (Å²) in [5, 5.41) is 3.44. The first-order valence-electron chi connectivity index (χ1n) is 6.83. The van der Waals surface area contributed by atoms with Crippen LogP contribution in [0.5, 0.6) is 5.75 Å². The van der Waals surface area contributed by atoms with Crippen molar-refractivity contribution in [3.63, 3.8) is 0 Å². The third kappa shape index (κ3) is 3.92. The highest BCUT2D eigenvalue weighted by atomic mass is 16.5. The minimum atomic E-state index is 0.904. The predicted octanol–water partition coefficient (Wildman–Crippen LogP) is 3.42. The first-order chi connectivity index (χ1) is 9.69. The first-order valence-corrected chi connectivity index (χ1v) is 6.83. The van der Waals surface area contributed by atoms with E-state index >= 15 is 0 Å². The molecule has 0 spiro atoms. The van der Waals surface area contributed by atoms with Crippen LogP contribution < -0.4 is 15.0 Å². The number of anilines is 2. The summed E-state index contributed by atoms with van der Waals surface area (Å²) in [5.74, 6) is 0.904. The Kier molecular flexibility index (Phi) is 4.88. The fourth-order valence-corrected chi connectivity index (χ4v) is 2.02. The van der Waals surface area contributed by atoms with Gasteiger partial charge in [-0.05, 0) is 48.4 Å². The SMILES string of the molecule is COc1ccc(CCNc2ccc(N(C)C)cc2)cc1. The number of nitrogens with zero attached hydrogens (tertiary/aromatic N) is 1. The molecule has 20 heavy (non-hydrogen) atoms. The fraction of sp³-hybridized carbons (Fsp3) is 0.294. The van der Waals surface area contributed by atoms with Crippen molar-refractivity contribution in [2.45, 2.75) is 6.42 Å². The Labute approximate surface area is 121 Å². The maximum absolute atomic E-state index is 5.15. The predicted molar refractivity (Wildman–Crippen MR) is 86.0 cm³/mol. The molecule has 0 radical (unpaired) electrons. The average molecular weight is 270 g/mol. The highest BCUT2D eigenvalue weighted by Gasteiger charge is 1.97. The van der Waals surface area contributed by atoms with Crippen LogP contribution in [0, 0.1) is 0 Å². The summed E-state index contributed by atoms with van der Waals surface area (Å²) in [7, 11) is 5.78. The molecule has 1 N–H and O–H groups in total. The topological polar surface area (TPSA) is 24.5 Å². The molecule has 0 unspecified atom stereocenters. The maximum atomic E-state index is 5.15. The fourth-order valence-electron chi connectivity index (χ4n) is 2.02. The monoisotopic (exact) mass is 270 g/mol. The van der Waals surface area contributed by atoms with Gasteiger partial charge in [0.05, 0.1) is 7.11 Å². The van der Waals surface area contributed by atoms with E-state index in [9.17, 15) is 0 Å².